The molecule has 0 radical (unpaired) electrons. The van der Waals surface area contributed by atoms with E-state index in [4.69, 9.17) is 14.2 Å². The summed E-state index contributed by atoms with van der Waals surface area (Å²) in [7, 11) is 7.19. The molecule has 1 atom stereocenters. The second kappa shape index (κ2) is 9.68. The summed E-state index contributed by atoms with van der Waals surface area (Å²) in [4.78, 5) is 14.2. The van der Waals surface area contributed by atoms with Crippen molar-refractivity contribution in [3.8, 4) is 17.2 Å². The molecular formula is C20H26N2O4. The number of nitrogens with zero attached hydrogens (tertiary/aromatic N) is 1. The van der Waals surface area contributed by atoms with Gasteiger partial charge in [-0.3, -0.25) is 4.79 Å². The molecule has 0 fully saturated rings. The first-order chi connectivity index (χ1) is 12.5. The molecule has 0 saturated heterocycles. The molecule has 0 saturated carbocycles. The number of amides is 1. The van der Waals surface area contributed by atoms with Crippen LogP contribution in [0.3, 0.4) is 0 Å². The van der Waals surface area contributed by atoms with Crippen LogP contribution < -0.4 is 19.5 Å². The van der Waals surface area contributed by atoms with Gasteiger partial charge in [-0.25, -0.2) is 0 Å². The van der Waals surface area contributed by atoms with E-state index >= 15 is 0 Å². The molecule has 0 spiro atoms. The number of carbonyl (C=O) groups is 1. The molecule has 0 aromatic heterocycles. The number of nitrogens with one attached hydrogen (secondary N) is 1. The molecule has 1 N–H and O–H groups in total. The maximum atomic E-state index is 12.1. The maximum Gasteiger partial charge on any atom is 0.258 e. The molecule has 0 heterocycles. The number of carbonyl (C=O) groups excluding carboxylic acids is 1. The number of benzene rings is 2. The topological polar surface area (TPSA) is 60.0 Å². The van der Waals surface area contributed by atoms with Crippen LogP contribution in [0.2, 0.25) is 0 Å². The Kier molecular flexibility index (Phi) is 7.29. The van der Waals surface area contributed by atoms with E-state index in [2.05, 4.69) is 5.32 Å². The molecule has 0 aliphatic rings. The van der Waals surface area contributed by atoms with Crippen molar-refractivity contribution in [3.05, 3.63) is 54.1 Å². The van der Waals surface area contributed by atoms with E-state index in [0.29, 0.717) is 12.3 Å². The fourth-order valence-electron chi connectivity index (χ4n) is 2.59. The average Bonchev–Trinajstić information content (AvgIpc) is 2.67. The highest BCUT2D eigenvalue weighted by Gasteiger charge is 2.19. The van der Waals surface area contributed by atoms with Gasteiger partial charge in [0.2, 0.25) is 0 Å². The van der Waals surface area contributed by atoms with E-state index in [-0.39, 0.29) is 18.6 Å². The minimum absolute atomic E-state index is 0.00362. The highest BCUT2D eigenvalue weighted by Crippen LogP contribution is 2.27. The average molecular weight is 358 g/mol. The summed E-state index contributed by atoms with van der Waals surface area (Å²) >= 11 is 0. The van der Waals surface area contributed by atoms with Crippen molar-refractivity contribution in [2.45, 2.75) is 6.04 Å². The van der Waals surface area contributed by atoms with Gasteiger partial charge in [-0.05, 0) is 44.4 Å². The van der Waals surface area contributed by atoms with E-state index in [1.165, 1.54) is 0 Å². The third kappa shape index (κ3) is 5.39. The number of likely N-dealkylation sites (N-methyl/N-ethyl adjacent to an activating group) is 1. The number of hydrogen-bond acceptors (Lipinski definition) is 5. The molecule has 0 bridgehead atoms. The van der Waals surface area contributed by atoms with E-state index in [1.54, 1.807) is 38.5 Å². The van der Waals surface area contributed by atoms with Gasteiger partial charge in [-0.1, -0.05) is 18.2 Å². The zero-order chi connectivity index (χ0) is 18.9. The van der Waals surface area contributed by atoms with Crippen LogP contribution in [0.4, 0.5) is 0 Å². The van der Waals surface area contributed by atoms with E-state index in [1.807, 2.05) is 43.3 Å². The standard InChI is InChI=1S/C20H26N2O4/c1-22(2)18(17-7-5-6-8-19(17)25-4)13-21-20(23)14-26-16-11-9-15(24-3)10-12-16/h5-12,18H,13-14H2,1-4H3,(H,21,23)/t18-/m0/s1. The lowest BCUT2D eigenvalue weighted by molar-refractivity contribution is -0.123. The smallest absolute Gasteiger partial charge is 0.258 e. The predicted octanol–water partition coefficient (Wildman–Crippen LogP) is 2.50. The van der Waals surface area contributed by atoms with Gasteiger partial charge < -0.3 is 24.4 Å². The van der Waals surface area contributed by atoms with Crippen LogP contribution in [0, 0.1) is 0 Å². The number of ether oxygens (including phenoxy) is 3. The van der Waals surface area contributed by atoms with Gasteiger partial charge in [0, 0.05) is 12.1 Å². The Morgan fingerprint density at radius 2 is 1.65 bits per heavy atom. The minimum atomic E-state index is -0.178. The molecule has 6 nitrogen and oxygen atoms in total. The molecule has 1 amide bonds. The highest BCUT2D eigenvalue weighted by atomic mass is 16.5. The molecule has 0 aliphatic heterocycles. The fraction of sp³-hybridized carbons (Fsp3) is 0.350. The summed E-state index contributed by atoms with van der Waals surface area (Å²) in [6.45, 7) is 0.413. The highest BCUT2D eigenvalue weighted by molar-refractivity contribution is 5.77. The van der Waals surface area contributed by atoms with Crippen LogP contribution in [0.15, 0.2) is 48.5 Å². The number of hydrogen-bond donors (Lipinski definition) is 1. The van der Waals surface area contributed by atoms with Crippen LogP contribution >= 0.6 is 0 Å². The molecule has 26 heavy (non-hydrogen) atoms. The zero-order valence-electron chi connectivity index (χ0n) is 15.7. The molecule has 6 heteroatoms. The Hall–Kier alpha value is -2.73. The van der Waals surface area contributed by atoms with Crippen molar-refractivity contribution >= 4 is 5.91 Å². The Balaban J connectivity index is 1.90. The summed E-state index contributed by atoms with van der Waals surface area (Å²) in [6.07, 6.45) is 0. The molecule has 2 aromatic rings. The number of methoxy groups -OCH3 is 2. The van der Waals surface area contributed by atoms with Gasteiger partial charge in [0.05, 0.1) is 20.3 Å². The van der Waals surface area contributed by atoms with Crippen LogP contribution in [0.1, 0.15) is 11.6 Å². The zero-order valence-corrected chi connectivity index (χ0v) is 15.7. The van der Waals surface area contributed by atoms with Crippen LogP contribution in [0.25, 0.3) is 0 Å². The van der Waals surface area contributed by atoms with Crippen LogP contribution in [-0.2, 0) is 4.79 Å². The van der Waals surface area contributed by atoms with Gasteiger partial charge in [-0.2, -0.15) is 0 Å². The quantitative estimate of drug-likeness (QED) is 0.746. The lowest BCUT2D eigenvalue weighted by Gasteiger charge is -2.26. The summed E-state index contributed by atoms with van der Waals surface area (Å²) in [6, 6.07) is 14.9. The van der Waals surface area contributed by atoms with E-state index in [9.17, 15) is 4.79 Å². The van der Waals surface area contributed by atoms with Crippen molar-refractivity contribution in [3.63, 3.8) is 0 Å². The second-order valence-electron chi connectivity index (χ2n) is 5.99. The maximum absolute atomic E-state index is 12.1. The summed E-state index contributed by atoms with van der Waals surface area (Å²) in [5, 5.41) is 2.92. The first kappa shape index (κ1) is 19.6. The number of para-hydroxylation sites is 1. The molecular weight excluding hydrogens is 332 g/mol. The Labute approximate surface area is 154 Å². The van der Waals surface area contributed by atoms with Crippen molar-refractivity contribution in [2.75, 3.05) is 41.5 Å². The van der Waals surface area contributed by atoms with Crippen molar-refractivity contribution in [2.24, 2.45) is 0 Å². The largest absolute Gasteiger partial charge is 0.497 e. The normalized spacial score (nSPS) is 11.7. The lowest BCUT2D eigenvalue weighted by atomic mass is 10.0. The fourth-order valence-corrected chi connectivity index (χ4v) is 2.59. The summed E-state index contributed by atoms with van der Waals surface area (Å²) < 4.78 is 16.0. The van der Waals surface area contributed by atoms with E-state index < -0.39 is 0 Å². The molecule has 0 unspecified atom stereocenters. The summed E-state index contributed by atoms with van der Waals surface area (Å²) in [5.74, 6) is 1.99. The summed E-state index contributed by atoms with van der Waals surface area (Å²) in [5.41, 5.74) is 1.02. The first-order valence-corrected chi connectivity index (χ1v) is 8.38. The van der Waals surface area contributed by atoms with Crippen LogP contribution in [0.5, 0.6) is 17.2 Å². The van der Waals surface area contributed by atoms with Crippen molar-refractivity contribution < 1.29 is 19.0 Å². The number of rotatable bonds is 9. The van der Waals surface area contributed by atoms with Gasteiger partial charge in [-0.15, -0.1) is 0 Å². The van der Waals surface area contributed by atoms with Crippen molar-refractivity contribution in [1.82, 2.24) is 10.2 Å². The van der Waals surface area contributed by atoms with Gasteiger partial charge in [0.1, 0.15) is 17.2 Å². The van der Waals surface area contributed by atoms with Gasteiger partial charge in [0.25, 0.3) is 5.91 Å². The molecule has 2 rings (SSSR count). The lowest BCUT2D eigenvalue weighted by Crippen LogP contribution is -2.37. The van der Waals surface area contributed by atoms with E-state index in [0.717, 1.165) is 17.1 Å². The van der Waals surface area contributed by atoms with Crippen molar-refractivity contribution in [1.29, 1.82) is 0 Å². The Morgan fingerprint density at radius 1 is 1.00 bits per heavy atom. The minimum Gasteiger partial charge on any atom is -0.497 e. The third-order valence-corrected chi connectivity index (χ3v) is 4.04. The molecule has 2 aromatic carbocycles. The Morgan fingerprint density at radius 3 is 2.27 bits per heavy atom. The van der Waals surface area contributed by atoms with Crippen LogP contribution in [-0.4, -0.2) is 52.3 Å². The third-order valence-electron chi connectivity index (χ3n) is 4.04. The van der Waals surface area contributed by atoms with Gasteiger partial charge in [0.15, 0.2) is 6.61 Å². The second-order valence-corrected chi connectivity index (χ2v) is 5.99. The predicted molar refractivity (Wildman–Crippen MR) is 101 cm³/mol. The monoisotopic (exact) mass is 358 g/mol. The first-order valence-electron chi connectivity index (χ1n) is 8.38. The molecule has 0 aliphatic carbocycles. The van der Waals surface area contributed by atoms with Gasteiger partial charge >= 0.3 is 0 Å². The molecule has 140 valence electrons. The Bertz CT molecular complexity index is 701. The SMILES string of the molecule is COc1ccc(OCC(=O)NC[C@@H](c2ccccc2OC)N(C)C)cc1.